The fourth-order valence-electron chi connectivity index (χ4n) is 2.03. The van der Waals surface area contributed by atoms with Gasteiger partial charge in [0.15, 0.2) is 0 Å². The number of aromatic nitrogens is 2. The second-order valence-electron chi connectivity index (χ2n) is 4.58. The van der Waals surface area contributed by atoms with Gasteiger partial charge in [-0.2, -0.15) is 0 Å². The van der Waals surface area contributed by atoms with Crippen molar-refractivity contribution in [1.82, 2.24) is 14.9 Å². The molecule has 0 spiro atoms. The van der Waals surface area contributed by atoms with Crippen LogP contribution in [0.2, 0.25) is 0 Å². The third-order valence-electron chi connectivity index (χ3n) is 3.12. The van der Waals surface area contributed by atoms with E-state index in [0.717, 1.165) is 6.42 Å². The zero-order chi connectivity index (χ0) is 14.5. The average Bonchev–Trinajstić information content (AvgIpc) is 2.45. The third-order valence-corrected chi connectivity index (χ3v) is 3.12. The van der Waals surface area contributed by atoms with Gasteiger partial charge in [-0.25, -0.2) is 4.98 Å². The van der Waals surface area contributed by atoms with Crippen LogP contribution in [0.25, 0.3) is 10.9 Å². The molecule has 1 heterocycles. The number of fused-ring (bicyclic) bond motifs is 1. The first-order chi connectivity index (χ1) is 9.63. The quantitative estimate of drug-likeness (QED) is 0.827. The topological polar surface area (TPSA) is 84.2 Å². The van der Waals surface area contributed by atoms with Gasteiger partial charge in [0, 0.05) is 0 Å². The molecule has 2 rings (SSSR count). The Morgan fingerprint density at radius 1 is 1.45 bits per heavy atom. The van der Waals surface area contributed by atoms with E-state index in [-0.39, 0.29) is 12.2 Å². The van der Waals surface area contributed by atoms with Gasteiger partial charge in [-0.1, -0.05) is 25.5 Å². The second-order valence-corrected chi connectivity index (χ2v) is 4.58. The molecule has 6 heteroatoms. The summed E-state index contributed by atoms with van der Waals surface area (Å²) in [5.74, 6) is -0.909. The molecular weight excluding hydrogens is 258 g/mol. The van der Waals surface area contributed by atoms with E-state index in [0.29, 0.717) is 17.3 Å². The maximum absolute atomic E-state index is 12.2. The van der Waals surface area contributed by atoms with Crippen LogP contribution in [-0.4, -0.2) is 26.7 Å². The number of nitrogens with zero attached hydrogens (tertiary/aromatic N) is 2. The van der Waals surface area contributed by atoms with Crippen LogP contribution in [0, 0.1) is 0 Å². The average molecular weight is 275 g/mol. The number of carboxylic acids is 1. The van der Waals surface area contributed by atoms with Crippen LogP contribution in [0.4, 0.5) is 0 Å². The molecule has 0 unspecified atom stereocenters. The van der Waals surface area contributed by atoms with E-state index in [2.05, 4.69) is 10.3 Å². The summed E-state index contributed by atoms with van der Waals surface area (Å²) in [4.78, 5) is 27.4. The minimum absolute atomic E-state index is 0.133. The van der Waals surface area contributed by atoms with Gasteiger partial charge in [0.25, 0.3) is 5.56 Å². The van der Waals surface area contributed by atoms with Crippen molar-refractivity contribution in [2.24, 2.45) is 0 Å². The first kappa shape index (κ1) is 14.2. The van der Waals surface area contributed by atoms with Gasteiger partial charge < -0.3 is 5.11 Å². The molecule has 0 fully saturated rings. The lowest BCUT2D eigenvalue weighted by Crippen LogP contribution is -2.40. The molecule has 0 saturated carbocycles. The number of carbonyl (C=O) groups is 1. The molecule has 2 N–H and O–H groups in total. The summed E-state index contributed by atoms with van der Waals surface area (Å²) in [6.45, 7) is 2.05. The third kappa shape index (κ3) is 3.03. The second kappa shape index (κ2) is 6.29. The zero-order valence-electron chi connectivity index (χ0n) is 11.2. The zero-order valence-corrected chi connectivity index (χ0v) is 11.2. The van der Waals surface area contributed by atoms with Crippen LogP contribution < -0.4 is 10.9 Å². The van der Waals surface area contributed by atoms with Gasteiger partial charge >= 0.3 is 5.97 Å². The lowest BCUT2D eigenvalue weighted by molar-refractivity contribution is -0.139. The summed E-state index contributed by atoms with van der Waals surface area (Å²) >= 11 is 0. The van der Waals surface area contributed by atoms with Crippen molar-refractivity contribution in [3.63, 3.8) is 0 Å². The minimum atomic E-state index is -0.909. The smallest absolute Gasteiger partial charge is 0.320 e. The SMILES string of the molecule is CCC[C@H](NCn1cnc2ccccc2c1=O)C(=O)O. The molecule has 1 aromatic carbocycles. The predicted molar refractivity (Wildman–Crippen MR) is 75.5 cm³/mol. The largest absolute Gasteiger partial charge is 0.480 e. The van der Waals surface area contributed by atoms with Crippen molar-refractivity contribution in [3.05, 3.63) is 40.9 Å². The lowest BCUT2D eigenvalue weighted by Gasteiger charge is -2.14. The Labute approximate surface area is 116 Å². The maximum atomic E-state index is 12.2. The summed E-state index contributed by atoms with van der Waals surface area (Å²) in [7, 11) is 0. The highest BCUT2D eigenvalue weighted by molar-refractivity contribution is 5.76. The Balaban J connectivity index is 2.20. The number of hydrogen-bond donors (Lipinski definition) is 2. The van der Waals surface area contributed by atoms with Gasteiger partial charge in [-0.3, -0.25) is 19.5 Å². The van der Waals surface area contributed by atoms with Crippen molar-refractivity contribution in [2.45, 2.75) is 32.5 Å². The van der Waals surface area contributed by atoms with Crippen LogP contribution >= 0.6 is 0 Å². The molecule has 0 bridgehead atoms. The predicted octanol–water partition coefficient (Wildman–Crippen LogP) is 1.20. The molecule has 6 nitrogen and oxygen atoms in total. The lowest BCUT2D eigenvalue weighted by atomic mass is 10.2. The molecule has 0 saturated heterocycles. The highest BCUT2D eigenvalue weighted by Gasteiger charge is 2.15. The fraction of sp³-hybridized carbons (Fsp3) is 0.357. The van der Waals surface area contributed by atoms with Crippen LogP contribution in [0.5, 0.6) is 0 Å². The van der Waals surface area contributed by atoms with E-state index in [4.69, 9.17) is 5.11 Å². The Hall–Kier alpha value is -2.21. The van der Waals surface area contributed by atoms with E-state index >= 15 is 0 Å². The monoisotopic (exact) mass is 275 g/mol. The van der Waals surface area contributed by atoms with Crippen molar-refractivity contribution in [3.8, 4) is 0 Å². The first-order valence-corrected chi connectivity index (χ1v) is 6.54. The number of benzene rings is 1. The molecule has 106 valence electrons. The molecule has 2 aromatic rings. The molecule has 0 aliphatic carbocycles. The Kier molecular flexibility index (Phi) is 4.47. The first-order valence-electron chi connectivity index (χ1n) is 6.54. The van der Waals surface area contributed by atoms with E-state index in [9.17, 15) is 9.59 Å². The molecular formula is C14H17N3O3. The fourth-order valence-corrected chi connectivity index (χ4v) is 2.03. The van der Waals surface area contributed by atoms with E-state index in [1.54, 1.807) is 18.2 Å². The Morgan fingerprint density at radius 3 is 2.90 bits per heavy atom. The summed E-state index contributed by atoms with van der Waals surface area (Å²) in [6.07, 6.45) is 2.71. The maximum Gasteiger partial charge on any atom is 0.320 e. The van der Waals surface area contributed by atoms with Crippen molar-refractivity contribution in [2.75, 3.05) is 0 Å². The van der Waals surface area contributed by atoms with Crippen LogP contribution in [-0.2, 0) is 11.5 Å². The molecule has 0 aliphatic rings. The van der Waals surface area contributed by atoms with Crippen LogP contribution in [0.3, 0.4) is 0 Å². The molecule has 1 atom stereocenters. The number of aliphatic carboxylic acids is 1. The molecule has 0 amide bonds. The van der Waals surface area contributed by atoms with E-state index in [1.807, 2.05) is 13.0 Å². The summed E-state index contributed by atoms with van der Waals surface area (Å²) in [5, 5.41) is 12.5. The number of para-hydroxylation sites is 1. The number of rotatable bonds is 6. The molecule has 0 aliphatic heterocycles. The number of carboxylic acid groups (broad SMARTS) is 1. The summed E-state index contributed by atoms with van der Waals surface area (Å²) < 4.78 is 1.38. The highest BCUT2D eigenvalue weighted by Crippen LogP contribution is 2.04. The number of hydrogen-bond acceptors (Lipinski definition) is 4. The summed E-state index contributed by atoms with van der Waals surface area (Å²) in [6, 6.07) is 6.42. The Bertz CT molecular complexity index is 666. The van der Waals surface area contributed by atoms with Crippen LogP contribution in [0.1, 0.15) is 19.8 Å². The molecule has 0 radical (unpaired) electrons. The minimum Gasteiger partial charge on any atom is -0.480 e. The highest BCUT2D eigenvalue weighted by atomic mass is 16.4. The van der Waals surface area contributed by atoms with E-state index in [1.165, 1.54) is 10.9 Å². The number of nitrogens with one attached hydrogen (secondary N) is 1. The van der Waals surface area contributed by atoms with Crippen molar-refractivity contribution in [1.29, 1.82) is 0 Å². The van der Waals surface area contributed by atoms with Crippen molar-refractivity contribution >= 4 is 16.9 Å². The standard InChI is InChI=1S/C14H17N3O3/c1-2-5-12(14(19)20)16-9-17-8-15-11-7-4-3-6-10(11)13(17)18/h3-4,6-8,12,16H,2,5,9H2,1H3,(H,19,20)/t12-/m0/s1. The van der Waals surface area contributed by atoms with Gasteiger partial charge in [0.05, 0.1) is 23.9 Å². The Morgan fingerprint density at radius 2 is 2.20 bits per heavy atom. The van der Waals surface area contributed by atoms with Crippen LogP contribution in [0.15, 0.2) is 35.4 Å². The molecule has 20 heavy (non-hydrogen) atoms. The van der Waals surface area contributed by atoms with E-state index < -0.39 is 12.0 Å². The molecule has 1 aromatic heterocycles. The normalized spacial score (nSPS) is 12.4. The van der Waals surface area contributed by atoms with Gasteiger partial charge in [0.1, 0.15) is 6.04 Å². The summed E-state index contributed by atoms with van der Waals surface area (Å²) in [5.41, 5.74) is 0.459. The van der Waals surface area contributed by atoms with Crippen molar-refractivity contribution < 1.29 is 9.90 Å². The van der Waals surface area contributed by atoms with Gasteiger partial charge in [-0.15, -0.1) is 0 Å². The van der Waals surface area contributed by atoms with Gasteiger partial charge in [0.2, 0.25) is 0 Å². The van der Waals surface area contributed by atoms with Gasteiger partial charge in [-0.05, 0) is 18.6 Å².